The zero-order valence-corrected chi connectivity index (χ0v) is 18.2. The van der Waals surface area contributed by atoms with E-state index in [-0.39, 0.29) is 22.9 Å². The summed E-state index contributed by atoms with van der Waals surface area (Å²) in [5, 5.41) is 8.12. The predicted molar refractivity (Wildman–Crippen MR) is 114 cm³/mol. The number of hydrogen-bond acceptors (Lipinski definition) is 4. The SMILES string of the molecule is CC[C@H](NC(=O)C12C[C@H]3C[C@@H](C1)CC(n1cnc(C)n1)(C3)C2)c1ccc(OC)cc1. The van der Waals surface area contributed by atoms with Gasteiger partial charge in [-0.05, 0) is 81.4 Å². The van der Waals surface area contributed by atoms with Crippen LogP contribution in [-0.2, 0) is 10.3 Å². The maximum atomic E-state index is 13.8. The number of nitrogens with one attached hydrogen (secondary N) is 1. The third kappa shape index (κ3) is 3.12. The molecule has 2 unspecified atom stereocenters. The summed E-state index contributed by atoms with van der Waals surface area (Å²) < 4.78 is 7.38. The fourth-order valence-corrected chi connectivity index (χ4v) is 6.89. The average Bonchev–Trinajstić information content (AvgIpc) is 3.18. The highest BCUT2D eigenvalue weighted by molar-refractivity contribution is 5.83. The standard InChI is InChI=1S/C24H32N4O2/c1-4-21(19-5-7-20(30-3)8-6-19)26-22(29)23-10-17-9-18(11-23)13-24(12-17,14-23)28-15-25-16(2)27-28/h5-8,15,17-18,21H,4,9-14H2,1-3H3,(H,26,29)/t17-,18+,21-,23?,24?/m0/s1. The topological polar surface area (TPSA) is 69.0 Å². The lowest BCUT2D eigenvalue weighted by Crippen LogP contribution is -2.61. The molecule has 0 aliphatic heterocycles. The highest BCUT2D eigenvalue weighted by atomic mass is 16.5. The largest absolute Gasteiger partial charge is 0.497 e. The Kier molecular flexibility index (Phi) is 4.64. The third-order valence-electron chi connectivity index (χ3n) is 7.84. The third-order valence-corrected chi connectivity index (χ3v) is 7.84. The van der Waals surface area contributed by atoms with Crippen LogP contribution >= 0.6 is 0 Å². The molecule has 6 nitrogen and oxygen atoms in total. The summed E-state index contributed by atoms with van der Waals surface area (Å²) in [6.07, 6.45) is 9.22. The van der Waals surface area contributed by atoms with Crippen molar-refractivity contribution < 1.29 is 9.53 Å². The van der Waals surface area contributed by atoms with E-state index in [9.17, 15) is 4.79 Å². The van der Waals surface area contributed by atoms with Gasteiger partial charge in [0.2, 0.25) is 5.91 Å². The number of benzene rings is 1. The Morgan fingerprint density at radius 3 is 2.50 bits per heavy atom. The quantitative estimate of drug-likeness (QED) is 0.779. The first-order valence-corrected chi connectivity index (χ1v) is 11.3. The molecular weight excluding hydrogens is 376 g/mol. The molecule has 6 heteroatoms. The summed E-state index contributed by atoms with van der Waals surface area (Å²) in [4.78, 5) is 18.2. The van der Waals surface area contributed by atoms with E-state index in [0.717, 1.165) is 55.7 Å². The monoisotopic (exact) mass is 408 g/mol. The zero-order chi connectivity index (χ0) is 20.9. The molecule has 1 heterocycles. The van der Waals surface area contributed by atoms with Gasteiger partial charge in [0.15, 0.2) is 0 Å². The van der Waals surface area contributed by atoms with Crippen LogP contribution in [0, 0.1) is 24.2 Å². The second-order valence-corrected chi connectivity index (χ2v) is 9.91. The van der Waals surface area contributed by atoms with Crippen molar-refractivity contribution in [3.05, 3.63) is 42.0 Å². The number of carbonyl (C=O) groups excluding carboxylic acids is 1. The number of aryl methyl sites for hydroxylation is 1. The van der Waals surface area contributed by atoms with Gasteiger partial charge in [-0.3, -0.25) is 4.79 Å². The smallest absolute Gasteiger partial charge is 0.226 e. The van der Waals surface area contributed by atoms with Gasteiger partial charge in [-0.15, -0.1) is 0 Å². The van der Waals surface area contributed by atoms with Gasteiger partial charge >= 0.3 is 0 Å². The summed E-state index contributed by atoms with van der Waals surface area (Å²) in [5.41, 5.74) is 0.826. The molecule has 0 saturated heterocycles. The molecule has 4 bridgehead atoms. The van der Waals surface area contributed by atoms with Crippen LogP contribution < -0.4 is 10.1 Å². The van der Waals surface area contributed by atoms with Crippen molar-refractivity contribution in [3.8, 4) is 5.75 Å². The molecule has 1 N–H and O–H groups in total. The Morgan fingerprint density at radius 2 is 1.93 bits per heavy atom. The second kappa shape index (κ2) is 7.10. The number of carbonyl (C=O) groups is 1. The lowest BCUT2D eigenvalue weighted by atomic mass is 9.46. The van der Waals surface area contributed by atoms with Crippen LogP contribution in [-0.4, -0.2) is 27.8 Å². The first kappa shape index (κ1) is 19.6. The molecule has 4 saturated carbocycles. The molecule has 1 amide bonds. The maximum Gasteiger partial charge on any atom is 0.226 e. The Bertz CT molecular complexity index is 921. The molecule has 1 aromatic carbocycles. The summed E-state index contributed by atoms with van der Waals surface area (Å²) >= 11 is 0. The molecule has 160 valence electrons. The van der Waals surface area contributed by atoms with Gasteiger partial charge < -0.3 is 10.1 Å². The molecule has 6 rings (SSSR count). The summed E-state index contributed by atoms with van der Waals surface area (Å²) in [5.74, 6) is 3.12. The Balaban J connectivity index is 1.40. The van der Waals surface area contributed by atoms with Gasteiger partial charge in [0.1, 0.15) is 17.9 Å². The molecular formula is C24H32N4O2. The number of rotatable bonds is 6. The highest BCUT2D eigenvalue weighted by Crippen LogP contribution is 2.64. The van der Waals surface area contributed by atoms with Crippen LogP contribution in [0.25, 0.3) is 0 Å². The molecule has 4 aliphatic carbocycles. The van der Waals surface area contributed by atoms with E-state index in [4.69, 9.17) is 9.84 Å². The zero-order valence-electron chi connectivity index (χ0n) is 18.2. The molecule has 0 spiro atoms. The molecule has 30 heavy (non-hydrogen) atoms. The van der Waals surface area contributed by atoms with E-state index in [1.165, 1.54) is 6.42 Å². The fraction of sp³-hybridized carbons (Fsp3) is 0.625. The Morgan fingerprint density at radius 1 is 1.23 bits per heavy atom. The predicted octanol–water partition coefficient (Wildman–Crippen LogP) is 4.16. The van der Waals surface area contributed by atoms with E-state index in [1.54, 1.807) is 7.11 Å². The molecule has 5 atom stereocenters. The maximum absolute atomic E-state index is 13.8. The first-order chi connectivity index (χ1) is 14.4. The summed E-state index contributed by atoms with van der Waals surface area (Å²) in [6.45, 7) is 4.08. The van der Waals surface area contributed by atoms with E-state index < -0.39 is 0 Å². The second-order valence-electron chi connectivity index (χ2n) is 9.91. The van der Waals surface area contributed by atoms with Crippen LogP contribution in [0.15, 0.2) is 30.6 Å². The van der Waals surface area contributed by atoms with Crippen molar-refractivity contribution in [1.29, 1.82) is 0 Å². The summed E-state index contributed by atoms with van der Waals surface area (Å²) in [6, 6.07) is 8.09. The minimum atomic E-state index is -0.274. The number of amides is 1. The average molecular weight is 409 g/mol. The van der Waals surface area contributed by atoms with Crippen LogP contribution in [0.1, 0.15) is 69.3 Å². The van der Waals surface area contributed by atoms with Gasteiger partial charge in [-0.1, -0.05) is 19.1 Å². The van der Waals surface area contributed by atoms with Crippen LogP contribution in [0.4, 0.5) is 0 Å². The first-order valence-electron chi connectivity index (χ1n) is 11.3. The van der Waals surface area contributed by atoms with E-state index >= 15 is 0 Å². The van der Waals surface area contributed by atoms with Crippen LogP contribution in [0.5, 0.6) is 5.75 Å². The molecule has 0 radical (unpaired) electrons. The van der Waals surface area contributed by atoms with E-state index in [2.05, 4.69) is 34.0 Å². The van der Waals surface area contributed by atoms with Gasteiger partial charge in [0, 0.05) is 0 Å². The van der Waals surface area contributed by atoms with E-state index in [0.29, 0.717) is 11.8 Å². The van der Waals surface area contributed by atoms with Crippen molar-refractivity contribution >= 4 is 5.91 Å². The van der Waals surface area contributed by atoms with Crippen molar-refractivity contribution in [3.63, 3.8) is 0 Å². The van der Waals surface area contributed by atoms with Crippen molar-refractivity contribution in [2.75, 3.05) is 7.11 Å². The molecule has 1 aromatic heterocycles. The normalized spacial score (nSPS) is 32.8. The van der Waals surface area contributed by atoms with Crippen molar-refractivity contribution in [2.45, 2.75) is 70.4 Å². The number of ether oxygens (including phenoxy) is 1. The number of nitrogens with zero attached hydrogens (tertiary/aromatic N) is 3. The lowest BCUT2D eigenvalue weighted by molar-refractivity contribution is -0.156. The molecule has 4 aliphatic rings. The minimum absolute atomic E-state index is 0.0287. The lowest BCUT2D eigenvalue weighted by Gasteiger charge is -2.61. The number of methoxy groups -OCH3 is 1. The summed E-state index contributed by atoms with van der Waals surface area (Å²) in [7, 11) is 1.67. The minimum Gasteiger partial charge on any atom is -0.497 e. The van der Waals surface area contributed by atoms with Gasteiger partial charge in [-0.25, -0.2) is 9.67 Å². The van der Waals surface area contributed by atoms with Gasteiger partial charge in [0.05, 0.1) is 24.1 Å². The molecule has 4 fully saturated rings. The van der Waals surface area contributed by atoms with Crippen LogP contribution in [0.3, 0.4) is 0 Å². The number of aromatic nitrogens is 3. The van der Waals surface area contributed by atoms with E-state index in [1.807, 2.05) is 25.4 Å². The number of hydrogen-bond donors (Lipinski definition) is 1. The van der Waals surface area contributed by atoms with Gasteiger partial charge in [0.25, 0.3) is 0 Å². The Labute approximate surface area is 178 Å². The highest BCUT2D eigenvalue weighted by Gasteiger charge is 2.61. The van der Waals surface area contributed by atoms with Crippen molar-refractivity contribution in [2.24, 2.45) is 17.3 Å². The van der Waals surface area contributed by atoms with Crippen molar-refractivity contribution in [1.82, 2.24) is 20.1 Å². The fourth-order valence-electron chi connectivity index (χ4n) is 6.89. The molecule has 2 aromatic rings. The Hall–Kier alpha value is -2.37. The van der Waals surface area contributed by atoms with Gasteiger partial charge in [-0.2, -0.15) is 5.10 Å². The van der Waals surface area contributed by atoms with Crippen LogP contribution in [0.2, 0.25) is 0 Å².